The summed E-state index contributed by atoms with van der Waals surface area (Å²) in [6, 6.07) is 14.6. The second kappa shape index (κ2) is 8.83. The van der Waals surface area contributed by atoms with Gasteiger partial charge in [0.25, 0.3) is 0 Å². The van der Waals surface area contributed by atoms with Crippen LogP contribution in [0.5, 0.6) is 11.5 Å². The lowest BCUT2D eigenvalue weighted by Crippen LogP contribution is -2.24. The Morgan fingerprint density at radius 1 is 1.15 bits per heavy atom. The summed E-state index contributed by atoms with van der Waals surface area (Å²) in [7, 11) is -3.84. The Kier molecular flexibility index (Phi) is 6.08. The standard InChI is InChI=1S/C23H17ClFN3O4S/c1-27-20-4-2-3-19(25)23(20)32-21-12-15(24)5-10-18(21)14-11-22(29)28(13-14)16-6-8-17(9-7-16)33(26,30)31/h2-10,12,14H,11,13H2,(H2,26,30,31)/t14-/m0/s1. The van der Waals surface area contributed by atoms with Crippen LogP contribution >= 0.6 is 11.6 Å². The van der Waals surface area contributed by atoms with Crippen molar-refractivity contribution in [1.29, 1.82) is 0 Å². The minimum Gasteiger partial charge on any atom is -0.465 e. The summed E-state index contributed by atoms with van der Waals surface area (Å²) in [5.41, 5.74) is 1.17. The van der Waals surface area contributed by atoms with Crippen molar-refractivity contribution in [3.8, 4) is 11.5 Å². The minimum atomic E-state index is -3.84. The van der Waals surface area contributed by atoms with Gasteiger partial charge in [-0.2, -0.15) is 0 Å². The van der Waals surface area contributed by atoms with E-state index in [1.807, 2.05) is 0 Å². The van der Waals surface area contributed by atoms with Crippen molar-refractivity contribution in [3.05, 3.63) is 88.5 Å². The number of sulfonamides is 1. The zero-order chi connectivity index (χ0) is 23.8. The number of halogens is 2. The lowest BCUT2D eigenvalue weighted by molar-refractivity contribution is -0.117. The van der Waals surface area contributed by atoms with Crippen LogP contribution in [-0.4, -0.2) is 20.9 Å². The van der Waals surface area contributed by atoms with E-state index in [0.29, 0.717) is 22.8 Å². The van der Waals surface area contributed by atoms with Crippen LogP contribution in [0.25, 0.3) is 4.85 Å². The summed E-state index contributed by atoms with van der Waals surface area (Å²) >= 11 is 6.14. The van der Waals surface area contributed by atoms with Gasteiger partial charge in [-0.1, -0.05) is 29.8 Å². The van der Waals surface area contributed by atoms with Gasteiger partial charge in [0.1, 0.15) is 5.75 Å². The van der Waals surface area contributed by atoms with E-state index < -0.39 is 15.8 Å². The second-order valence-corrected chi connectivity index (χ2v) is 9.43. The van der Waals surface area contributed by atoms with Crippen molar-refractivity contribution in [1.82, 2.24) is 0 Å². The molecule has 3 aromatic carbocycles. The third-order valence-corrected chi connectivity index (χ3v) is 6.46. The minimum absolute atomic E-state index is 0.0139. The molecule has 1 heterocycles. The average molecular weight is 486 g/mol. The van der Waals surface area contributed by atoms with Gasteiger partial charge in [0.2, 0.25) is 21.6 Å². The first-order chi connectivity index (χ1) is 15.7. The zero-order valence-electron chi connectivity index (χ0n) is 17.0. The molecule has 0 aliphatic carbocycles. The van der Waals surface area contributed by atoms with Crippen molar-refractivity contribution >= 4 is 38.9 Å². The van der Waals surface area contributed by atoms with Crippen molar-refractivity contribution < 1.29 is 22.3 Å². The number of carbonyl (C=O) groups excluding carboxylic acids is 1. The molecular formula is C23H17ClFN3O4S. The maximum Gasteiger partial charge on any atom is 0.238 e. The molecule has 0 spiro atoms. The molecule has 0 radical (unpaired) electrons. The predicted molar refractivity (Wildman–Crippen MR) is 122 cm³/mol. The van der Waals surface area contributed by atoms with Crippen molar-refractivity contribution in [3.63, 3.8) is 0 Å². The molecule has 168 valence electrons. The van der Waals surface area contributed by atoms with Crippen molar-refractivity contribution in [2.45, 2.75) is 17.2 Å². The largest absolute Gasteiger partial charge is 0.465 e. The first-order valence-corrected chi connectivity index (χ1v) is 11.7. The van der Waals surface area contributed by atoms with Gasteiger partial charge in [-0.3, -0.25) is 4.79 Å². The van der Waals surface area contributed by atoms with Crippen LogP contribution in [0.2, 0.25) is 5.02 Å². The van der Waals surface area contributed by atoms with Gasteiger partial charge in [0.05, 0.1) is 11.5 Å². The van der Waals surface area contributed by atoms with Gasteiger partial charge in [0, 0.05) is 35.2 Å². The van der Waals surface area contributed by atoms with Gasteiger partial charge < -0.3 is 9.64 Å². The van der Waals surface area contributed by atoms with Crippen LogP contribution in [0, 0.1) is 12.4 Å². The maximum atomic E-state index is 14.4. The molecule has 10 heteroatoms. The summed E-state index contributed by atoms with van der Waals surface area (Å²) in [4.78, 5) is 17.5. The number of primary sulfonamides is 1. The lowest BCUT2D eigenvalue weighted by Gasteiger charge is -2.19. The number of hydrogen-bond acceptors (Lipinski definition) is 4. The maximum absolute atomic E-state index is 14.4. The van der Waals surface area contributed by atoms with Gasteiger partial charge in [-0.15, -0.1) is 0 Å². The van der Waals surface area contributed by atoms with Gasteiger partial charge in [-0.05, 0) is 42.5 Å². The Morgan fingerprint density at radius 3 is 2.55 bits per heavy atom. The number of carbonyl (C=O) groups is 1. The van der Waals surface area contributed by atoms with E-state index in [-0.39, 0.29) is 40.3 Å². The Morgan fingerprint density at radius 2 is 1.88 bits per heavy atom. The Labute approximate surface area is 195 Å². The normalized spacial score (nSPS) is 16.0. The van der Waals surface area contributed by atoms with E-state index in [0.717, 1.165) is 0 Å². The topological polar surface area (TPSA) is 94.1 Å². The number of para-hydroxylation sites is 1. The predicted octanol–water partition coefficient (Wildman–Crippen LogP) is 4.99. The van der Waals surface area contributed by atoms with E-state index in [9.17, 15) is 17.6 Å². The number of rotatable bonds is 5. The molecule has 1 amide bonds. The first-order valence-electron chi connectivity index (χ1n) is 9.74. The molecule has 0 bridgehead atoms. The smallest absolute Gasteiger partial charge is 0.238 e. The highest BCUT2D eigenvalue weighted by atomic mass is 35.5. The molecule has 7 nitrogen and oxygen atoms in total. The molecule has 0 saturated carbocycles. The summed E-state index contributed by atoms with van der Waals surface area (Å²) in [5.74, 6) is -1.12. The molecule has 1 atom stereocenters. The average Bonchev–Trinajstić information content (AvgIpc) is 3.16. The summed E-state index contributed by atoms with van der Waals surface area (Å²) in [6.07, 6.45) is 0.155. The third-order valence-electron chi connectivity index (χ3n) is 5.30. The molecule has 0 unspecified atom stereocenters. The Balaban J connectivity index is 1.65. The molecule has 33 heavy (non-hydrogen) atoms. The van der Waals surface area contributed by atoms with Crippen LogP contribution in [-0.2, 0) is 14.8 Å². The van der Waals surface area contributed by atoms with Crippen molar-refractivity contribution in [2.75, 3.05) is 11.4 Å². The van der Waals surface area contributed by atoms with E-state index in [2.05, 4.69) is 4.85 Å². The summed E-state index contributed by atoms with van der Waals surface area (Å²) in [6.45, 7) is 7.56. The van der Waals surface area contributed by atoms with E-state index in [4.69, 9.17) is 28.0 Å². The molecule has 3 aromatic rings. The molecule has 2 N–H and O–H groups in total. The highest BCUT2D eigenvalue weighted by Gasteiger charge is 2.33. The summed E-state index contributed by atoms with van der Waals surface area (Å²) < 4.78 is 43.1. The van der Waals surface area contributed by atoms with Crippen LogP contribution < -0.4 is 14.8 Å². The number of anilines is 1. The number of nitrogens with two attached hydrogens (primary N) is 1. The van der Waals surface area contributed by atoms with Gasteiger partial charge in [0.15, 0.2) is 11.6 Å². The van der Waals surface area contributed by atoms with Crippen LogP contribution in [0.4, 0.5) is 15.8 Å². The molecule has 0 aromatic heterocycles. The highest BCUT2D eigenvalue weighted by molar-refractivity contribution is 7.89. The van der Waals surface area contributed by atoms with Crippen LogP contribution in [0.3, 0.4) is 0 Å². The quantitative estimate of drug-likeness (QED) is 0.515. The number of nitrogens with zero attached hydrogens (tertiary/aromatic N) is 2. The Bertz CT molecular complexity index is 1390. The fraction of sp³-hybridized carbons (Fsp3) is 0.130. The first kappa shape index (κ1) is 22.7. The molecular weight excluding hydrogens is 469 g/mol. The number of benzene rings is 3. The SMILES string of the molecule is [C-]#[N+]c1cccc(F)c1Oc1cc(Cl)ccc1[C@H]1CC(=O)N(c2ccc(S(N)(=O)=O)cc2)C1. The van der Waals surface area contributed by atoms with Crippen LogP contribution in [0.15, 0.2) is 65.6 Å². The van der Waals surface area contributed by atoms with E-state index >= 15 is 0 Å². The van der Waals surface area contributed by atoms with Gasteiger partial charge >= 0.3 is 0 Å². The van der Waals surface area contributed by atoms with Crippen molar-refractivity contribution in [2.24, 2.45) is 5.14 Å². The molecule has 1 aliphatic rings. The monoisotopic (exact) mass is 485 g/mol. The Hall–Kier alpha value is -3.45. The summed E-state index contributed by atoms with van der Waals surface area (Å²) in [5, 5.41) is 5.49. The van der Waals surface area contributed by atoms with E-state index in [1.54, 1.807) is 12.1 Å². The molecule has 1 fully saturated rings. The number of hydrogen-bond donors (Lipinski definition) is 1. The zero-order valence-corrected chi connectivity index (χ0v) is 18.6. The molecule has 1 saturated heterocycles. The number of amides is 1. The lowest BCUT2D eigenvalue weighted by atomic mass is 9.97. The molecule has 4 rings (SSSR count). The fourth-order valence-electron chi connectivity index (χ4n) is 3.71. The second-order valence-electron chi connectivity index (χ2n) is 7.43. The van der Waals surface area contributed by atoms with Gasteiger partial charge in [-0.25, -0.2) is 22.8 Å². The van der Waals surface area contributed by atoms with E-state index in [1.165, 1.54) is 53.4 Å². The highest BCUT2D eigenvalue weighted by Crippen LogP contribution is 2.42. The van der Waals surface area contributed by atoms with Crippen LogP contribution in [0.1, 0.15) is 17.9 Å². The fourth-order valence-corrected chi connectivity index (χ4v) is 4.39. The third kappa shape index (κ3) is 4.68. The number of ether oxygens (including phenoxy) is 1. The molecule has 1 aliphatic heterocycles.